The Hall–Kier alpha value is -1.35. The third kappa shape index (κ3) is 3.07. The minimum absolute atomic E-state index is 0.122. The summed E-state index contributed by atoms with van der Waals surface area (Å²) in [6.07, 6.45) is 2.40. The van der Waals surface area contributed by atoms with Gasteiger partial charge in [0.25, 0.3) is 0 Å². The molecule has 0 amide bonds. The summed E-state index contributed by atoms with van der Waals surface area (Å²) in [7, 11) is 0. The molecule has 1 aliphatic heterocycles. The lowest BCUT2D eigenvalue weighted by Gasteiger charge is -2.09. The monoisotopic (exact) mass is 219 g/mol. The number of rotatable bonds is 4. The van der Waals surface area contributed by atoms with E-state index in [2.05, 4.69) is 11.4 Å². The lowest BCUT2D eigenvalue weighted by atomic mass is 9.97. The van der Waals surface area contributed by atoms with Crippen molar-refractivity contribution in [1.82, 2.24) is 5.32 Å². The topological polar surface area (TPSA) is 49.3 Å². The van der Waals surface area contributed by atoms with E-state index < -0.39 is 5.97 Å². The molecule has 2 N–H and O–H groups in total. The summed E-state index contributed by atoms with van der Waals surface area (Å²) in [5.74, 6) is -0.0558. The van der Waals surface area contributed by atoms with Crippen LogP contribution in [0.15, 0.2) is 24.3 Å². The molecule has 0 spiro atoms. The molecular weight excluding hydrogens is 202 g/mol. The van der Waals surface area contributed by atoms with E-state index in [0.717, 1.165) is 25.1 Å². The minimum atomic E-state index is -0.764. The highest BCUT2D eigenvalue weighted by Crippen LogP contribution is 2.16. The van der Waals surface area contributed by atoms with Gasteiger partial charge in [-0.1, -0.05) is 24.3 Å². The predicted octanol–water partition coefficient (Wildman–Crippen LogP) is 1.47. The SMILES string of the molecule is O=C(O)Cc1cccc(CC2CCNC2)c1. The van der Waals surface area contributed by atoms with Gasteiger partial charge in [-0.25, -0.2) is 0 Å². The van der Waals surface area contributed by atoms with Gasteiger partial charge >= 0.3 is 5.97 Å². The molecule has 1 aromatic carbocycles. The van der Waals surface area contributed by atoms with Crippen molar-refractivity contribution < 1.29 is 9.90 Å². The molecule has 1 heterocycles. The van der Waals surface area contributed by atoms with Crippen LogP contribution >= 0.6 is 0 Å². The summed E-state index contributed by atoms with van der Waals surface area (Å²) in [5, 5.41) is 12.1. The van der Waals surface area contributed by atoms with Crippen LogP contribution in [0, 0.1) is 5.92 Å². The Kier molecular flexibility index (Phi) is 3.57. The quantitative estimate of drug-likeness (QED) is 0.806. The molecule has 0 radical (unpaired) electrons. The van der Waals surface area contributed by atoms with E-state index in [-0.39, 0.29) is 6.42 Å². The van der Waals surface area contributed by atoms with Crippen molar-refractivity contribution in [3.63, 3.8) is 0 Å². The number of aliphatic carboxylic acids is 1. The van der Waals surface area contributed by atoms with Crippen molar-refractivity contribution >= 4 is 5.97 Å². The van der Waals surface area contributed by atoms with E-state index in [9.17, 15) is 4.79 Å². The Balaban J connectivity index is 2.00. The maximum atomic E-state index is 10.6. The van der Waals surface area contributed by atoms with Crippen molar-refractivity contribution in [2.75, 3.05) is 13.1 Å². The van der Waals surface area contributed by atoms with Crippen molar-refractivity contribution in [2.45, 2.75) is 19.3 Å². The molecule has 1 fully saturated rings. The molecule has 3 heteroatoms. The lowest BCUT2D eigenvalue weighted by molar-refractivity contribution is -0.136. The molecule has 0 aromatic heterocycles. The first-order chi connectivity index (χ1) is 7.74. The summed E-state index contributed by atoms with van der Waals surface area (Å²) in [4.78, 5) is 10.6. The molecule has 1 aromatic rings. The van der Waals surface area contributed by atoms with Gasteiger partial charge in [-0.05, 0) is 43.0 Å². The van der Waals surface area contributed by atoms with Crippen LogP contribution in [0.5, 0.6) is 0 Å². The molecule has 3 nitrogen and oxygen atoms in total. The second-order valence-corrected chi connectivity index (χ2v) is 4.45. The zero-order valence-electron chi connectivity index (χ0n) is 9.28. The second kappa shape index (κ2) is 5.12. The standard InChI is InChI=1S/C13H17NO2/c15-13(16)8-11-3-1-2-10(6-11)7-12-4-5-14-9-12/h1-3,6,12,14H,4-5,7-9H2,(H,15,16). The average molecular weight is 219 g/mol. The van der Waals surface area contributed by atoms with Crippen molar-refractivity contribution in [1.29, 1.82) is 0 Å². The van der Waals surface area contributed by atoms with Gasteiger partial charge in [-0.15, -0.1) is 0 Å². The van der Waals surface area contributed by atoms with Gasteiger partial charge in [0.2, 0.25) is 0 Å². The first kappa shape index (κ1) is 11.1. The number of hydrogen-bond acceptors (Lipinski definition) is 2. The Morgan fingerprint density at radius 1 is 1.44 bits per heavy atom. The van der Waals surface area contributed by atoms with Crippen LogP contribution in [0.25, 0.3) is 0 Å². The first-order valence-corrected chi connectivity index (χ1v) is 5.74. The third-order valence-corrected chi connectivity index (χ3v) is 3.03. The molecule has 1 saturated heterocycles. The Morgan fingerprint density at radius 3 is 2.94 bits per heavy atom. The van der Waals surface area contributed by atoms with Crippen molar-refractivity contribution in [2.24, 2.45) is 5.92 Å². The summed E-state index contributed by atoms with van der Waals surface area (Å²) in [5.41, 5.74) is 2.16. The van der Waals surface area contributed by atoms with Crippen LogP contribution in [-0.4, -0.2) is 24.2 Å². The molecule has 1 unspecified atom stereocenters. The number of nitrogens with one attached hydrogen (secondary N) is 1. The summed E-state index contributed by atoms with van der Waals surface area (Å²) >= 11 is 0. The maximum Gasteiger partial charge on any atom is 0.307 e. The second-order valence-electron chi connectivity index (χ2n) is 4.45. The molecule has 1 aliphatic rings. The number of carboxylic acids is 1. The molecule has 86 valence electrons. The first-order valence-electron chi connectivity index (χ1n) is 5.74. The molecule has 2 rings (SSSR count). The van der Waals surface area contributed by atoms with Crippen LogP contribution in [0.3, 0.4) is 0 Å². The van der Waals surface area contributed by atoms with Gasteiger partial charge in [0.15, 0.2) is 0 Å². The highest BCUT2D eigenvalue weighted by molar-refractivity contribution is 5.70. The van der Waals surface area contributed by atoms with E-state index in [0.29, 0.717) is 5.92 Å². The summed E-state index contributed by atoms with van der Waals surface area (Å²) in [6, 6.07) is 7.94. The zero-order chi connectivity index (χ0) is 11.4. The van der Waals surface area contributed by atoms with Crippen LogP contribution < -0.4 is 5.32 Å². The number of benzene rings is 1. The summed E-state index contributed by atoms with van der Waals surface area (Å²) < 4.78 is 0. The fourth-order valence-corrected chi connectivity index (χ4v) is 2.26. The van der Waals surface area contributed by atoms with Gasteiger partial charge in [0.1, 0.15) is 0 Å². The third-order valence-electron chi connectivity index (χ3n) is 3.03. The fourth-order valence-electron chi connectivity index (χ4n) is 2.26. The predicted molar refractivity (Wildman–Crippen MR) is 62.5 cm³/mol. The van der Waals surface area contributed by atoms with E-state index in [1.165, 1.54) is 12.0 Å². The van der Waals surface area contributed by atoms with Crippen LogP contribution in [0.4, 0.5) is 0 Å². The smallest absolute Gasteiger partial charge is 0.307 e. The van der Waals surface area contributed by atoms with Crippen LogP contribution in [-0.2, 0) is 17.6 Å². The number of carbonyl (C=O) groups is 1. The Morgan fingerprint density at radius 2 is 2.25 bits per heavy atom. The van der Waals surface area contributed by atoms with Crippen LogP contribution in [0.2, 0.25) is 0 Å². The highest BCUT2D eigenvalue weighted by Gasteiger charge is 2.14. The van der Waals surface area contributed by atoms with E-state index in [1.807, 2.05) is 18.2 Å². The van der Waals surface area contributed by atoms with E-state index >= 15 is 0 Å². The van der Waals surface area contributed by atoms with Crippen LogP contribution in [0.1, 0.15) is 17.5 Å². The fraction of sp³-hybridized carbons (Fsp3) is 0.462. The molecular formula is C13H17NO2. The summed E-state index contributed by atoms with van der Waals surface area (Å²) in [6.45, 7) is 2.20. The van der Waals surface area contributed by atoms with Crippen molar-refractivity contribution in [3.05, 3.63) is 35.4 Å². The van der Waals surface area contributed by atoms with Gasteiger partial charge in [-0.3, -0.25) is 4.79 Å². The maximum absolute atomic E-state index is 10.6. The van der Waals surface area contributed by atoms with E-state index in [4.69, 9.17) is 5.11 Å². The van der Waals surface area contributed by atoms with Gasteiger partial charge in [0.05, 0.1) is 6.42 Å². The van der Waals surface area contributed by atoms with Gasteiger partial charge in [0, 0.05) is 0 Å². The number of carboxylic acid groups (broad SMARTS) is 1. The van der Waals surface area contributed by atoms with Crippen molar-refractivity contribution in [3.8, 4) is 0 Å². The van der Waals surface area contributed by atoms with Gasteiger partial charge < -0.3 is 10.4 Å². The normalized spacial score (nSPS) is 19.9. The van der Waals surface area contributed by atoms with E-state index in [1.54, 1.807) is 0 Å². The minimum Gasteiger partial charge on any atom is -0.481 e. The Bertz CT molecular complexity index is 370. The molecule has 1 atom stereocenters. The average Bonchev–Trinajstić information content (AvgIpc) is 2.70. The largest absolute Gasteiger partial charge is 0.481 e. The van der Waals surface area contributed by atoms with Gasteiger partial charge in [-0.2, -0.15) is 0 Å². The molecule has 0 bridgehead atoms. The lowest BCUT2D eigenvalue weighted by Crippen LogP contribution is -2.11. The molecule has 0 aliphatic carbocycles. The molecule has 16 heavy (non-hydrogen) atoms. The zero-order valence-corrected chi connectivity index (χ0v) is 9.28. The number of hydrogen-bond donors (Lipinski definition) is 2. The Labute approximate surface area is 95.5 Å². The molecule has 0 saturated carbocycles. The highest BCUT2D eigenvalue weighted by atomic mass is 16.4.